The summed E-state index contributed by atoms with van der Waals surface area (Å²) in [6.07, 6.45) is -4.85. The first-order valence-corrected chi connectivity index (χ1v) is 13.8. The van der Waals surface area contributed by atoms with Gasteiger partial charge in [-0.2, -0.15) is 0 Å². The first-order chi connectivity index (χ1) is 18.2. The van der Waals surface area contributed by atoms with Gasteiger partial charge in [0, 0.05) is 32.4 Å². The lowest BCUT2D eigenvalue weighted by Crippen LogP contribution is -2.64. The van der Waals surface area contributed by atoms with Gasteiger partial charge in [-0.05, 0) is 18.8 Å². The van der Waals surface area contributed by atoms with Crippen molar-refractivity contribution >= 4 is 6.03 Å². The number of aliphatic hydroxyl groups is 5. The number of aliphatic hydroxyl groups excluding tert-OH is 4. The van der Waals surface area contributed by atoms with Gasteiger partial charge in [0.25, 0.3) is 0 Å². The molecule has 11 N–H and O–H groups in total. The van der Waals surface area contributed by atoms with E-state index in [9.17, 15) is 30.3 Å². The molecule has 13 nitrogen and oxygen atoms in total. The lowest BCUT2D eigenvalue weighted by atomic mass is 9.86. The van der Waals surface area contributed by atoms with E-state index in [0.717, 1.165) is 0 Å². The second-order valence-electron chi connectivity index (χ2n) is 11.4. The molecule has 13 heteroatoms. The van der Waals surface area contributed by atoms with Gasteiger partial charge in [-0.25, -0.2) is 4.79 Å². The minimum absolute atomic E-state index is 0.0287. The van der Waals surface area contributed by atoms with Gasteiger partial charge >= 0.3 is 6.03 Å². The van der Waals surface area contributed by atoms with Crippen molar-refractivity contribution in [1.29, 1.82) is 0 Å². The summed E-state index contributed by atoms with van der Waals surface area (Å²) >= 11 is 0. The second kappa shape index (κ2) is 15.0. The average Bonchev–Trinajstić information content (AvgIpc) is 2.84. The molecule has 2 rings (SSSR count). The Kier molecular flexibility index (Phi) is 13.0. The van der Waals surface area contributed by atoms with Gasteiger partial charge in [0.2, 0.25) is 0 Å². The number of nitrogens with one attached hydrogen (secondary N) is 2. The maximum atomic E-state index is 12.5. The summed E-state index contributed by atoms with van der Waals surface area (Å²) in [5.74, 6) is -1.89. The highest BCUT2D eigenvalue weighted by Gasteiger charge is 2.49. The Hall–Kier alpha value is -1.39. The number of nitrogens with two attached hydrogens (primary N) is 2. The Balaban J connectivity index is 2.33. The van der Waals surface area contributed by atoms with Crippen LogP contribution in [0.15, 0.2) is 12.2 Å². The van der Waals surface area contributed by atoms with E-state index >= 15 is 0 Å². The third-order valence-corrected chi connectivity index (χ3v) is 7.12. The molecule has 0 saturated carbocycles. The van der Waals surface area contributed by atoms with Crippen LogP contribution < -0.4 is 22.1 Å². The molecule has 2 fully saturated rings. The van der Waals surface area contributed by atoms with Gasteiger partial charge in [-0.15, -0.1) is 0 Å². The van der Waals surface area contributed by atoms with Crippen LogP contribution in [0.1, 0.15) is 53.9 Å². The van der Waals surface area contributed by atoms with Gasteiger partial charge in [0.05, 0.1) is 48.7 Å². The van der Waals surface area contributed by atoms with E-state index in [4.69, 9.17) is 25.7 Å². The molecule has 228 valence electrons. The fraction of sp³-hybridized carbons (Fsp3) is 0.885. The monoisotopic (exact) mass is 562 g/mol. The number of amides is 2. The van der Waals surface area contributed by atoms with Crippen LogP contribution in [0, 0.1) is 11.8 Å². The van der Waals surface area contributed by atoms with Crippen molar-refractivity contribution in [3.63, 3.8) is 0 Å². The molecule has 11 atom stereocenters. The predicted molar refractivity (Wildman–Crippen MR) is 143 cm³/mol. The Morgan fingerprint density at radius 2 is 1.85 bits per heavy atom. The molecule has 2 amide bonds. The zero-order chi connectivity index (χ0) is 29.5. The van der Waals surface area contributed by atoms with E-state index in [1.165, 1.54) is 0 Å². The quantitative estimate of drug-likeness (QED) is 0.126. The van der Waals surface area contributed by atoms with Crippen LogP contribution in [0.25, 0.3) is 0 Å². The van der Waals surface area contributed by atoms with Crippen molar-refractivity contribution in [3.8, 4) is 0 Å². The second-order valence-corrected chi connectivity index (χ2v) is 11.4. The molecule has 0 bridgehead atoms. The Labute approximate surface area is 230 Å². The lowest BCUT2D eigenvalue weighted by molar-refractivity contribution is -0.303. The number of hydrogen-bond donors (Lipinski definition) is 9. The van der Waals surface area contributed by atoms with Crippen LogP contribution in [0.4, 0.5) is 4.79 Å². The fourth-order valence-corrected chi connectivity index (χ4v) is 4.68. The Bertz CT molecular complexity index is 789. The first-order valence-electron chi connectivity index (χ1n) is 13.8. The molecular formula is C26H50N4O9. The smallest absolute Gasteiger partial charge is 0.315 e. The molecule has 0 aromatic heterocycles. The van der Waals surface area contributed by atoms with Crippen LogP contribution >= 0.6 is 0 Å². The number of carbonyl (C=O) groups excluding carboxylic acids is 1. The summed E-state index contributed by atoms with van der Waals surface area (Å²) in [5, 5.41) is 58.8. The van der Waals surface area contributed by atoms with Crippen molar-refractivity contribution in [2.24, 2.45) is 23.3 Å². The summed E-state index contributed by atoms with van der Waals surface area (Å²) in [5.41, 5.74) is 11.4. The predicted octanol–water partition coefficient (Wildman–Crippen LogP) is -1.36. The van der Waals surface area contributed by atoms with Crippen molar-refractivity contribution in [1.82, 2.24) is 10.6 Å². The van der Waals surface area contributed by atoms with Crippen molar-refractivity contribution in [3.05, 3.63) is 12.2 Å². The molecular weight excluding hydrogens is 512 g/mol. The van der Waals surface area contributed by atoms with Crippen LogP contribution in [0.2, 0.25) is 0 Å². The molecule has 5 unspecified atom stereocenters. The number of rotatable bonds is 12. The third-order valence-electron chi connectivity index (χ3n) is 7.12. The lowest BCUT2D eigenvalue weighted by Gasteiger charge is -2.46. The SMILES string of the molecule is CC(C)/C=C/[C@@H](C[C@@H]1O[C@](O)(C[C@@H](O)C(C)C)C[C@H](O)[C@H]1NC(=O)NCCN)OC1OC(C)C(O)C(N)C1O. The summed E-state index contributed by atoms with van der Waals surface area (Å²) < 4.78 is 17.9. The number of carbonyl (C=O) groups is 1. The molecule has 2 aliphatic heterocycles. The largest absolute Gasteiger partial charge is 0.393 e. The molecule has 0 radical (unpaired) electrons. The summed E-state index contributed by atoms with van der Waals surface area (Å²) in [6.45, 7) is 9.59. The molecule has 0 aromatic rings. The number of ether oxygens (including phenoxy) is 3. The van der Waals surface area contributed by atoms with Gasteiger partial charge in [0.1, 0.15) is 6.10 Å². The highest BCUT2D eigenvalue weighted by molar-refractivity contribution is 5.74. The Morgan fingerprint density at radius 3 is 2.44 bits per heavy atom. The van der Waals surface area contributed by atoms with Gasteiger partial charge in [-0.3, -0.25) is 0 Å². The number of hydrogen-bond acceptors (Lipinski definition) is 11. The molecule has 2 aliphatic rings. The van der Waals surface area contributed by atoms with E-state index < -0.39 is 72.9 Å². The standard InChI is InChI=1S/C26H50N4O9/c1-13(2)6-7-16(38-24-23(34)20(28)22(33)15(5)37-24)10-19-21(30-25(35)29-9-8-27)18(32)12-26(36,39-19)11-17(31)14(3)4/h6-7,13-24,31-34,36H,8-12,27-28H2,1-5H3,(H2,29,30,35)/b7-6+/t15?,16-,17+,18-,19-,20?,21+,22?,23?,24?,26+/m0/s1. The van der Waals surface area contributed by atoms with E-state index in [1.54, 1.807) is 26.8 Å². The van der Waals surface area contributed by atoms with Gasteiger partial charge < -0.3 is 61.8 Å². The van der Waals surface area contributed by atoms with Crippen LogP contribution in [0.5, 0.6) is 0 Å². The molecule has 2 saturated heterocycles. The van der Waals surface area contributed by atoms with Crippen molar-refractivity contribution in [2.45, 2.75) is 121 Å². The molecule has 39 heavy (non-hydrogen) atoms. The molecule has 0 aromatic carbocycles. The minimum Gasteiger partial charge on any atom is -0.393 e. The highest BCUT2D eigenvalue weighted by Crippen LogP contribution is 2.35. The van der Waals surface area contributed by atoms with Crippen LogP contribution in [-0.4, -0.2) is 112 Å². The van der Waals surface area contributed by atoms with Crippen LogP contribution in [-0.2, 0) is 14.2 Å². The Morgan fingerprint density at radius 1 is 1.18 bits per heavy atom. The topological polar surface area (TPSA) is 222 Å². The third kappa shape index (κ3) is 9.88. The fourth-order valence-electron chi connectivity index (χ4n) is 4.68. The molecule has 2 heterocycles. The zero-order valence-corrected chi connectivity index (χ0v) is 23.6. The molecule has 0 spiro atoms. The zero-order valence-electron chi connectivity index (χ0n) is 23.6. The summed E-state index contributed by atoms with van der Waals surface area (Å²) in [7, 11) is 0. The first kappa shape index (κ1) is 33.8. The van der Waals surface area contributed by atoms with E-state index in [2.05, 4.69) is 10.6 Å². The summed E-state index contributed by atoms with van der Waals surface area (Å²) in [6, 6.07) is -2.51. The van der Waals surface area contributed by atoms with E-state index in [1.807, 2.05) is 19.9 Å². The highest BCUT2D eigenvalue weighted by atomic mass is 16.7. The number of allylic oxidation sites excluding steroid dienone is 1. The minimum atomic E-state index is -1.87. The van der Waals surface area contributed by atoms with Gasteiger partial charge in [-0.1, -0.05) is 39.8 Å². The van der Waals surface area contributed by atoms with E-state index in [-0.39, 0.29) is 44.2 Å². The maximum Gasteiger partial charge on any atom is 0.315 e. The maximum absolute atomic E-state index is 12.5. The number of urea groups is 1. The average molecular weight is 563 g/mol. The van der Waals surface area contributed by atoms with E-state index in [0.29, 0.717) is 0 Å². The molecule has 0 aliphatic carbocycles. The van der Waals surface area contributed by atoms with Crippen LogP contribution in [0.3, 0.4) is 0 Å². The normalized spacial score (nSPS) is 37.3. The van der Waals surface area contributed by atoms with Crippen molar-refractivity contribution in [2.75, 3.05) is 13.1 Å². The van der Waals surface area contributed by atoms with Crippen molar-refractivity contribution < 1.29 is 44.5 Å². The van der Waals surface area contributed by atoms with Gasteiger partial charge in [0.15, 0.2) is 12.1 Å². The summed E-state index contributed by atoms with van der Waals surface area (Å²) in [4.78, 5) is 12.5.